The number of methoxy groups -OCH3 is 1. The molecule has 16 heavy (non-hydrogen) atoms. The standard InChI is InChI=1S/C12H17NO3/c1-8-4-5-10(12(14)15)11(6-8)13-7-9(2)16-3/h4-6,9,13H,7H2,1-3H3,(H,14,15). The Balaban J connectivity index is 2.84. The highest BCUT2D eigenvalue weighted by Gasteiger charge is 2.10. The molecule has 0 saturated carbocycles. The highest BCUT2D eigenvalue weighted by molar-refractivity contribution is 5.94. The summed E-state index contributed by atoms with van der Waals surface area (Å²) in [5.74, 6) is -0.924. The Bertz CT molecular complexity index is 377. The molecule has 1 atom stereocenters. The summed E-state index contributed by atoms with van der Waals surface area (Å²) < 4.78 is 5.09. The molecule has 1 aromatic carbocycles. The van der Waals surface area contributed by atoms with Gasteiger partial charge in [0.25, 0.3) is 0 Å². The van der Waals surface area contributed by atoms with Gasteiger partial charge in [-0.2, -0.15) is 0 Å². The predicted octanol–water partition coefficient (Wildman–Crippen LogP) is 2.14. The van der Waals surface area contributed by atoms with Crippen molar-refractivity contribution in [1.29, 1.82) is 0 Å². The lowest BCUT2D eigenvalue weighted by Gasteiger charge is -2.14. The summed E-state index contributed by atoms with van der Waals surface area (Å²) in [5.41, 5.74) is 1.95. The van der Waals surface area contributed by atoms with Crippen molar-refractivity contribution >= 4 is 11.7 Å². The third-order valence-corrected chi connectivity index (χ3v) is 2.39. The van der Waals surface area contributed by atoms with Gasteiger partial charge in [-0.05, 0) is 31.5 Å². The number of aromatic carboxylic acids is 1. The van der Waals surface area contributed by atoms with Crippen LogP contribution in [-0.4, -0.2) is 30.8 Å². The zero-order valence-electron chi connectivity index (χ0n) is 9.78. The summed E-state index contributed by atoms with van der Waals surface area (Å²) in [4.78, 5) is 11.0. The van der Waals surface area contributed by atoms with Gasteiger partial charge < -0.3 is 15.2 Å². The lowest BCUT2D eigenvalue weighted by atomic mass is 10.1. The van der Waals surface area contributed by atoms with E-state index in [9.17, 15) is 4.79 Å². The molecule has 0 aromatic heterocycles. The van der Waals surface area contributed by atoms with E-state index >= 15 is 0 Å². The Morgan fingerprint density at radius 2 is 2.25 bits per heavy atom. The summed E-state index contributed by atoms with van der Waals surface area (Å²) in [6, 6.07) is 5.22. The van der Waals surface area contributed by atoms with E-state index in [1.165, 1.54) is 0 Å². The van der Waals surface area contributed by atoms with Crippen molar-refractivity contribution < 1.29 is 14.6 Å². The fourth-order valence-electron chi connectivity index (χ4n) is 1.33. The van der Waals surface area contributed by atoms with Crippen molar-refractivity contribution in [3.05, 3.63) is 29.3 Å². The number of anilines is 1. The maximum Gasteiger partial charge on any atom is 0.337 e. The van der Waals surface area contributed by atoms with Crippen LogP contribution in [0.15, 0.2) is 18.2 Å². The first-order valence-corrected chi connectivity index (χ1v) is 5.15. The average Bonchev–Trinajstić information content (AvgIpc) is 2.25. The third kappa shape index (κ3) is 3.24. The van der Waals surface area contributed by atoms with Crippen LogP contribution in [0.25, 0.3) is 0 Å². The Labute approximate surface area is 95.2 Å². The van der Waals surface area contributed by atoms with Gasteiger partial charge in [-0.15, -0.1) is 0 Å². The van der Waals surface area contributed by atoms with Crippen molar-refractivity contribution in [1.82, 2.24) is 0 Å². The van der Waals surface area contributed by atoms with Crippen LogP contribution in [0.3, 0.4) is 0 Å². The molecule has 4 nitrogen and oxygen atoms in total. The quantitative estimate of drug-likeness (QED) is 0.803. The summed E-state index contributed by atoms with van der Waals surface area (Å²) >= 11 is 0. The lowest BCUT2D eigenvalue weighted by Crippen LogP contribution is -2.19. The molecule has 4 heteroatoms. The molecule has 0 aliphatic rings. The highest BCUT2D eigenvalue weighted by atomic mass is 16.5. The summed E-state index contributed by atoms with van der Waals surface area (Å²) in [7, 11) is 1.63. The largest absolute Gasteiger partial charge is 0.478 e. The van der Waals surface area contributed by atoms with Gasteiger partial charge >= 0.3 is 5.97 Å². The predicted molar refractivity (Wildman–Crippen MR) is 63.1 cm³/mol. The van der Waals surface area contributed by atoms with E-state index in [4.69, 9.17) is 9.84 Å². The molecule has 0 aliphatic heterocycles. The monoisotopic (exact) mass is 223 g/mol. The van der Waals surface area contributed by atoms with Gasteiger partial charge in [0.15, 0.2) is 0 Å². The Hall–Kier alpha value is -1.55. The molecular formula is C12H17NO3. The van der Waals surface area contributed by atoms with E-state index in [0.29, 0.717) is 12.2 Å². The number of hydrogen-bond acceptors (Lipinski definition) is 3. The topological polar surface area (TPSA) is 58.6 Å². The molecule has 0 radical (unpaired) electrons. The third-order valence-electron chi connectivity index (χ3n) is 2.39. The molecule has 0 saturated heterocycles. The van der Waals surface area contributed by atoms with Gasteiger partial charge in [-0.3, -0.25) is 0 Å². The Morgan fingerprint density at radius 3 is 2.81 bits per heavy atom. The normalized spacial score (nSPS) is 12.2. The number of rotatable bonds is 5. The molecule has 0 heterocycles. The molecule has 2 N–H and O–H groups in total. The molecule has 0 amide bonds. The van der Waals surface area contributed by atoms with Crippen LogP contribution >= 0.6 is 0 Å². The maximum atomic E-state index is 11.0. The highest BCUT2D eigenvalue weighted by Crippen LogP contribution is 2.17. The SMILES string of the molecule is COC(C)CNc1cc(C)ccc1C(=O)O. The van der Waals surface area contributed by atoms with Crippen molar-refractivity contribution in [3.8, 4) is 0 Å². The van der Waals surface area contributed by atoms with E-state index in [2.05, 4.69) is 5.32 Å². The molecule has 88 valence electrons. The van der Waals surface area contributed by atoms with Gasteiger partial charge in [-0.1, -0.05) is 6.07 Å². The zero-order chi connectivity index (χ0) is 12.1. The summed E-state index contributed by atoms with van der Waals surface area (Å²) in [6.07, 6.45) is 0.0437. The van der Waals surface area contributed by atoms with E-state index in [0.717, 1.165) is 5.56 Å². The van der Waals surface area contributed by atoms with Crippen LogP contribution in [0.1, 0.15) is 22.8 Å². The summed E-state index contributed by atoms with van der Waals surface area (Å²) in [5, 5.41) is 12.1. The Morgan fingerprint density at radius 1 is 1.56 bits per heavy atom. The van der Waals surface area contributed by atoms with E-state index in [1.54, 1.807) is 19.2 Å². The number of nitrogens with one attached hydrogen (secondary N) is 1. The minimum atomic E-state index is -0.924. The van der Waals surface area contributed by atoms with Crippen molar-refractivity contribution in [2.75, 3.05) is 19.0 Å². The van der Waals surface area contributed by atoms with Crippen molar-refractivity contribution in [2.24, 2.45) is 0 Å². The van der Waals surface area contributed by atoms with E-state index < -0.39 is 5.97 Å². The smallest absolute Gasteiger partial charge is 0.337 e. The molecule has 1 aromatic rings. The van der Waals surface area contributed by atoms with Crippen molar-refractivity contribution in [2.45, 2.75) is 20.0 Å². The second kappa shape index (κ2) is 5.51. The first kappa shape index (κ1) is 12.5. The molecular weight excluding hydrogens is 206 g/mol. The molecule has 1 unspecified atom stereocenters. The molecule has 0 aliphatic carbocycles. The van der Waals surface area contributed by atoms with Gasteiger partial charge in [0.1, 0.15) is 0 Å². The molecule has 0 spiro atoms. The lowest BCUT2D eigenvalue weighted by molar-refractivity contribution is 0.0697. The Kier molecular flexibility index (Phi) is 4.31. The van der Waals surface area contributed by atoms with Gasteiger partial charge in [0, 0.05) is 19.3 Å². The zero-order valence-corrected chi connectivity index (χ0v) is 9.78. The number of carboxylic acid groups (broad SMARTS) is 1. The van der Waals surface area contributed by atoms with Crippen LogP contribution in [0, 0.1) is 6.92 Å². The van der Waals surface area contributed by atoms with Gasteiger partial charge in [0.2, 0.25) is 0 Å². The average molecular weight is 223 g/mol. The maximum absolute atomic E-state index is 11.0. The van der Waals surface area contributed by atoms with Crippen LogP contribution < -0.4 is 5.32 Å². The second-order valence-corrected chi connectivity index (χ2v) is 3.78. The second-order valence-electron chi connectivity index (χ2n) is 3.78. The van der Waals surface area contributed by atoms with E-state index in [-0.39, 0.29) is 11.7 Å². The molecule has 0 fully saturated rings. The van der Waals surface area contributed by atoms with Crippen LogP contribution in [-0.2, 0) is 4.74 Å². The number of ether oxygens (including phenoxy) is 1. The number of benzene rings is 1. The molecule has 0 bridgehead atoms. The van der Waals surface area contributed by atoms with Crippen molar-refractivity contribution in [3.63, 3.8) is 0 Å². The van der Waals surface area contributed by atoms with Crippen LogP contribution in [0.4, 0.5) is 5.69 Å². The minimum absolute atomic E-state index is 0.0437. The fourth-order valence-corrected chi connectivity index (χ4v) is 1.33. The number of carbonyl (C=O) groups is 1. The first-order chi connectivity index (χ1) is 7.54. The first-order valence-electron chi connectivity index (χ1n) is 5.15. The van der Waals surface area contributed by atoms with E-state index in [1.807, 2.05) is 19.9 Å². The minimum Gasteiger partial charge on any atom is -0.478 e. The number of aryl methyl sites for hydroxylation is 1. The number of hydrogen-bond donors (Lipinski definition) is 2. The fraction of sp³-hybridized carbons (Fsp3) is 0.417. The van der Waals surface area contributed by atoms with Gasteiger partial charge in [-0.25, -0.2) is 4.79 Å². The molecule has 1 rings (SSSR count). The summed E-state index contributed by atoms with van der Waals surface area (Å²) in [6.45, 7) is 4.43. The van der Waals surface area contributed by atoms with Crippen LogP contribution in [0.5, 0.6) is 0 Å². The van der Waals surface area contributed by atoms with Crippen LogP contribution in [0.2, 0.25) is 0 Å². The number of carboxylic acids is 1. The van der Waals surface area contributed by atoms with Gasteiger partial charge in [0.05, 0.1) is 11.7 Å².